The largest absolute Gasteiger partial charge is 0.454 e. The molecular weight excluding hydrogens is 226 g/mol. The number of nitrogens with two attached hydrogens (primary N) is 1. The average molecular weight is 247 g/mol. The van der Waals surface area contributed by atoms with Gasteiger partial charge in [-0.15, -0.1) is 0 Å². The Morgan fingerprint density at radius 1 is 1.17 bits per heavy atom. The van der Waals surface area contributed by atoms with Gasteiger partial charge in [-0.2, -0.15) is 0 Å². The lowest BCUT2D eigenvalue weighted by Gasteiger charge is -2.25. The predicted octanol–water partition coefficient (Wildman–Crippen LogP) is 2.92. The molecule has 0 amide bonds. The van der Waals surface area contributed by atoms with Gasteiger partial charge < -0.3 is 15.2 Å². The second-order valence-electron chi connectivity index (χ2n) is 5.86. The summed E-state index contributed by atoms with van der Waals surface area (Å²) in [5.41, 5.74) is 9.04. The number of hydrogen-bond donors (Lipinski definition) is 1. The van der Waals surface area contributed by atoms with Gasteiger partial charge in [0.25, 0.3) is 0 Å². The zero-order valence-corrected chi connectivity index (χ0v) is 11.3. The van der Waals surface area contributed by atoms with E-state index in [1.165, 1.54) is 24.0 Å². The van der Waals surface area contributed by atoms with Crippen LogP contribution in [0.2, 0.25) is 0 Å². The van der Waals surface area contributed by atoms with Crippen molar-refractivity contribution in [1.29, 1.82) is 0 Å². The zero-order chi connectivity index (χ0) is 12.9. The smallest absolute Gasteiger partial charge is 0.231 e. The third-order valence-corrected chi connectivity index (χ3v) is 4.35. The molecule has 3 nitrogen and oxygen atoms in total. The van der Waals surface area contributed by atoms with E-state index in [1.807, 2.05) is 6.07 Å². The van der Waals surface area contributed by atoms with Crippen LogP contribution in [0.4, 0.5) is 0 Å². The molecule has 0 saturated heterocycles. The quantitative estimate of drug-likeness (QED) is 0.893. The molecule has 1 unspecified atom stereocenters. The van der Waals surface area contributed by atoms with Crippen LogP contribution in [-0.2, 0) is 5.41 Å². The van der Waals surface area contributed by atoms with Gasteiger partial charge in [-0.25, -0.2) is 0 Å². The van der Waals surface area contributed by atoms with Crippen LogP contribution in [0.5, 0.6) is 11.5 Å². The van der Waals surface area contributed by atoms with Crippen LogP contribution in [0.1, 0.15) is 50.7 Å². The number of ether oxygens (including phenoxy) is 2. The van der Waals surface area contributed by atoms with Gasteiger partial charge in [-0.3, -0.25) is 0 Å². The average Bonchev–Trinajstić information content (AvgIpc) is 3.00. The first-order valence-corrected chi connectivity index (χ1v) is 6.75. The van der Waals surface area contributed by atoms with Crippen molar-refractivity contribution >= 4 is 0 Å². The summed E-state index contributed by atoms with van der Waals surface area (Å²) in [6.45, 7) is 6.86. The molecule has 3 heteroatoms. The molecule has 0 spiro atoms. The first-order valence-electron chi connectivity index (χ1n) is 6.75. The van der Waals surface area contributed by atoms with E-state index in [1.54, 1.807) is 0 Å². The number of fused-ring (bicyclic) bond motifs is 1. The van der Waals surface area contributed by atoms with Crippen molar-refractivity contribution in [2.75, 3.05) is 6.79 Å². The van der Waals surface area contributed by atoms with E-state index >= 15 is 0 Å². The van der Waals surface area contributed by atoms with E-state index in [0.717, 1.165) is 11.5 Å². The molecule has 1 fully saturated rings. The maximum atomic E-state index is 6.21. The standard InChI is InChI=1S/C15H21NO2/c1-9(2)13-11(15(6-7-15)10(3)16)4-5-12-14(13)18-8-17-12/h4-5,9-10H,6-8,16H2,1-3H3. The van der Waals surface area contributed by atoms with E-state index in [2.05, 4.69) is 26.8 Å². The molecule has 0 radical (unpaired) electrons. The lowest BCUT2D eigenvalue weighted by Crippen LogP contribution is -2.32. The highest BCUT2D eigenvalue weighted by molar-refractivity contribution is 5.57. The molecule has 1 heterocycles. The Morgan fingerprint density at radius 2 is 1.89 bits per heavy atom. The number of benzene rings is 1. The van der Waals surface area contributed by atoms with Gasteiger partial charge in [0, 0.05) is 17.0 Å². The minimum Gasteiger partial charge on any atom is -0.454 e. The highest BCUT2D eigenvalue weighted by atomic mass is 16.7. The molecule has 1 aromatic carbocycles. The first kappa shape index (κ1) is 11.8. The fourth-order valence-electron chi connectivity index (χ4n) is 3.11. The molecule has 1 aliphatic carbocycles. The molecule has 98 valence electrons. The fourth-order valence-corrected chi connectivity index (χ4v) is 3.11. The summed E-state index contributed by atoms with van der Waals surface area (Å²) in [5, 5.41) is 0. The van der Waals surface area contributed by atoms with Crippen LogP contribution < -0.4 is 15.2 Å². The molecular formula is C15H21NO2. The van der Waals surface area contributed by atoms with Gasteiger partial charge >= 0.3 is 0 Å². The molecule has 3 rings (SSSR count). The molecule has 1 aliphatic heterocycles. The lowest BCUT2D eigenvalue weighted by molar-refractivity contribution is 0.173. The molecule has 1 saturated carbocycles. The number of rotatable bonds is 3. The Hall–Kier alpha value is -1.22. The summed E-state index contributed by atoms with van der Waals surface area (Å²) in [7, 11) is 0. The van der Waals surface area contributed by atoms with Gasteiger partial charge in [0.05, 0.1) is 0 Å². The summed E-state index contributed by atoms with van der Waals surface area (Å²) < 4.78 is 11.2. The highest BCUT2D eigenvalue weighted by Gasteiger charge is 2.49. The van der Waals surface area contributed by atoms with Gasteiger partial charge in [0.1, 0.15) is 0 Å². The molecule has 1 aromatic rings. The third kappa shape index (κ3) is 1.53. The Balaban J connectivity index is 2.16. The van der Waals surface area contributed by atoms with Crippen molar-refractivity contribution in [2.24, 2.45) is 5.73 Å². The predicted molar refractivity (Wildman–Crippen MR) is 71.2 cm³/mol. The highest BCUT2D eigenvalue weighted by Crippen LogP contribution is 2.55. The topological polar surface area (TPSA) is 44.5 Å². The fraction of sp³-hybridized carbons (Fsp3) is 0.600. The monoisotopic (exact) mass is 247 g/mol. The molecule has 18 heavy (non-hydrogen) atoms. The van der Waals surface area contributed by atoms with Crippen molar-refractivity contribution in [2.45, 2.75) is 51.0 Å². The van der Waals surface area contributed by atoms with Gasteiger partial charge in [0.2, 0.25) is 6.79 Å². The molecule has 2 aliphatic rings. The van der Waals surface area contributed by atoms with Crippen LogP contribution in [0, 0.1) is 0 Å². The Kier molecular flexibility index (Phi) is 2.56. The Labute approximate surface area is 108 Å². The summed E-state index contributed by atoms with van der Waals surface area (Å²) in [6.07, 6.45) is 2.37. The zero-order valence-electron chi connectivity index (χ0n) is 11.3. The Morgan fingerprint density at radius 3 is 2.44 bits per heavy atom. The minimum absolute atomic E-state index is 0.167. The molecule has 0 bridgehead atoms. The normalized spacial score (nSPS) is 21.2. The lowest BCUT2D eigenvalue weighted by atomic mass is 9.82. The first-order chi connectivity index (χ1) is 8.56. The van der Waals surface area contributed by atoms with Crippen LogP contribution in [0.15, 0.2) is 12.1 Å². The van der Waals surface area contributed by atoms with Crippen molar-refractivity contribution in [1.82, 2.24) is 0 Å². The van der Waals surface area contributed by atoms with Gasteiger partial charge in [-0.05, 0) is 37.3 Å². The van der Waals surface area contributed by atoms with Crippen LogP contribution in [0.3, 0.4) is 0 Å². The van der Waals surface area contributed by atoms with E-state index < -0.39 is 0 Å². The van der Waals surface area contributed by atoms with E-state index in [-0.39, 0.29) is 11.5 Å². The van der Waals surface area contributed by atoms with E-state index in [4.69, 9.17) is 15.2 Å². The van der Waals surface area contributed by atoms with E-state index in [9.17, 15) is 0 Å². The SMILES string of the molecule is CC(C)c1c(C2(C(C)N)CC2)ccc2c1OCO2. The minimum atomic E-state index is 0.167. The third-order valence-electron chi connectivity index (χ3n) is 4.35. The van der Waals surface area contributed by atoms with E-state index in [0.29, 0.717) is 12.7 Å². The summed E-state index contributed by atoms with van der Waals surface area (Å²) in [6, 6.07) is 4.42. The maximum absolute atomic E-state index is 6.21. The summed E-state index contributed by atoms with van der Waals surface area (Å²) in [4.78, 5) is 0. The van der Waals surface area contributed by atoms with Crippen molar-refractivity contribution in [3.63, 3.8) is 0 Å². The van der Waals surface area contributed by atoms with Gasteiger partial charge in [-0.1, -0.05) is 19.9 Å². The second kappa shape index (κ2) is 3.89. The maximum Gasteiger partial charge on any atom is 0.231 e. The summed E-state index contributed by atoms with van der Waals surface area (Å²) in [5.74, 6) is 2.24. The van der Waals surface area contributed by atoms with Crippen molar-refractivity contribution < 1.29 is 9.47 Å². The Bertz CT molecular complexity index is 476. The van der Waals surface area contributed by atoms with Crippen LogP contribution >= 0.6 is 0 Å². The van der Waals surface area contributed by atoms with Crippen molar-refractivity contribution in [3.8, 4) is 11.5 Å². The molecule has 2 N–H and O–H groups in total. The second-order valence-corrected chi connectivity index (χ2v) is 5.86. The van der Waals surface area contributed by atoms with Crippen molar-refractivity contribution in [3.05, 3.63) is 23.3 Å². The van der Waals surface area contributed by atoms with Crippen LogP contribution in [-0.4, -0.2) is 12.8 Å². The molecule has 0 aromatic heterocycles. The number of hydrogen-bond acceptors (Lipinski definition) is 3. The molecule has 1 atom stereocenters. The van der Waals surface area contributed by atoms with Gasteiger partial charge in [0.15, 0.2) is 11.5 Å². The van der Waals surface area contributed by atoms with Crippen LogP contribution in [0.25, 0.3) is 0 Å². The summed E-state index contributed by atoms with van der Waals surface area (Å²) >= 11 is 0.